The summed E-state index contributed by atoms with van der Waals surface area (Å²) in [5, 5.41) is 12.6. The number of carbonyl (C=O) groups is 1. The van der Waals surface area contributed by atoms with Gasteiger partial charge in [-0.25, -0.2) is 8.42 Å². The fourth-order valence-corrected chi connectivity index (χ4v) is 6.31. The van der Waals surface area contributed by atoms with Crippen LogP contribution in [0, 0.1) is 10.1 Å². The summed E-state index contributed by atoms with van der Waals surface area (Å²) in [6.45, 7) is 0.140. The van der Waals surface area contributed by atoms with Gasteiger partial charge in [-0.15, -0.1) is 11.3 Å². The van der Waals surface area contributed by atoms with E-state index < -0.39 is 31.6 Å². The van der Waals surface area contributed by atoms with Crippen LogP contribution in [-0.4, -0.2) is 57.2 Å². The maximum Gasteiger partial charge on any atom is 0.286 e. The van der Waals surface area contributed by atoms with Gasteiger partial charge in [0.05, 0.1) is 36.2 Å². The van der Waals surface area contributed by atoms with Crippen molar-refractivity contribution in [2.45, 2.75) is 11.7 Å². The van der Waals surface area contributed by atoms with Gasteiger partial charge in [-0.2, -0.15) is 0 Å². The first kappa shape index (κ1) is 21.1. The Morgan fingerprint density at radius 3 is 2.52 bits per heavy atom. The van der Waals surface area contributed by atoms with Gasteiger partial charge in [0.2, 0.25) is 0 Å². The highest BCUT2D eigenvalue weighted by molar-refractivity contribution is 7.91. The van der Waals surface area contributed by atoms with Crippen LogP contribution >= 0.6 is 11.3 Å². The molecule has 29 heavy (non-hydrogen) atoms. The molecule has 1 fully saturated rings. The molecule has 2 heterocycles. The van der Waals surface area contributed by atoms with Gasteiger partial charge in [0.15, 0.2) is 21.3 Å². The maximum absolute atomic E-state index is 13.1. The molecule has 1 aromatic carbocycles. The topological polar surface area (TPSA) is 116 Å². The van der Waals surface area contributed by atoms with Crippen LogP contribution in [0.5, 0.6) is 11.5 Å². The van der Waals surface area contributed by atoms with Gasteiger partial charge >= 0.3 is 0 Å². The Kier molecular flexibility index (Phi) is 6.08. The van der Waals surface area contributed by atoms with E-state index in [1.807, 2.05) is 5.38 Å². The van der Waals surface area contributed by atoms with Crippen molar-refractivity contribution in [3.8, 4) is 11.5 Å². The van der Waals surface area contributed by atoms with E-state index in [0.29, 0.717) is 0 Å². The van der Waals surface area contributed by atoms with Crippen molar-refractivity contribution in [2.75, 3.05) is 33.1 Å². The minimum atomic E-state index is -3.44. The van der Waals surface area contributed by atoms with E-state index in [-0.39, 0.29) is 42.3 Å². The Hall–Kier alpha value is -2.66. The normalized spacial score (nSPS) is 18.7. The SMILES string of the molecule is COc1cc(C(=O)N2CCC(c3cccs3)S(=O)(=O)CC2)c([N+](=O)[O-])cc1OC. The number of thiophene rings is 1. The fraction of sp³-hybridized carbons (Fsp3) is 0.389. The van der Waals surface area contributed by atoms with Crippen molar-refractivity contribution in [3.63, 3.8) is 0 Å². The van der Waals surface area contributed by atoms with Gasteiger partial charge in [0, 0.05) is 24.0 Å². The molecule has 9 nitrogen and oxygen atoms in total. The zero-order valence-corrected chi connectivity index (χ0v) is 17.5. The zero-order chi connectivity index (χ0) is 21.2. The highest BCUT2D eigenvalue weighted by atomic mass is 32.2. The lowest BCUT2D eigenvalue weighted by molar-refractivity contribution is -0.385. The monoisotopic (exact) mass is 440 g/mol. The third-order valence-electron chi connectivity index (χ3n) is 4.82. The number of nitrogens with zero attached hydrogens (tertiary/aromatic N) is 2. The second-order valence-corrected chi connectivity index (χ2v) is 9.72. The summed E-state index contributed by atoms with van der Waals surface area (Å²) in [7, 11) is -0.740. The first-order chi connectivity index (χ1) is 13.8. The predicted molar refractivity (Wildman–Crippen MR) is 108 cm³/mol. The molecule has 0 spiro atoms. The van der Waals surface area contributed by atoms with Crippen LogP contribution in [0.4, 0.5) is 5.69 Å². The van der Waals surface area contributed by atoms with Crippen molar-refractivity contribution in [2.24, 2.45) is 0 Å². The van der Waals surface area contributed by atoms with Crippen LogP contribution in [0.1, 0.15) is 26.9 Å². The summed E-state index contributed by atoms with van der Waals surface area (Å²) in [6, 6.07) is 5.95. The summed E-state index contributed by atoms with van der Waals surface area (Å²) in [5.74, 6) is -0.505. The molecular weight excluding hydrogens is 420 g/mol. The van der Waals surface area contributed by atoms with Gasteiger partial charge < -0.3 is 14.4 Å². The van der Waals surface area contributed by atoms with Crippen LogP contribution in [-0.2, 0) is 9.84 Å². The third-order valence-corrected chi connectivity index (χ3v) is 8.06. The maximum atomic E-state index is 13.1. The van der Waals surface area contributed by atoms with Crippen molar-refractivity contribution < 1.29 is 27.6 Å². The van der Waals surface area contributed by atoms with Gasteiger partial charge in [0.25, 0.3) is 11.6 Å². The molecule has 3 rings (SSSR count). The molecule has 1 unspecified atom stereocenters. The molecule has 11 heteroatoms. The molecule has 1 aliphatic heterocycles. The summed E-state index contributed by atoms with van der Waals surface area (Å²) in [5.41, 5.74) is -0.589. The largest absolute Gasteiger partial charge is 0.493 e. The summed E-state index contributed by atoms with van der Waals surface area (Å²) < 4.78 is 35.6. The number of hydrogen-bond donors (Lipinski definition) is 0. The molecule has 1 aromatic heterocycles. The Labute approximate surface area is 171 Å². The Balaban J connectivity index is 1.94. The number of sulfone groups is 1. The van der Waals surface area contributed by atoms with E-state index in [2.05, 4.69) is 0 Å². The highest BCUT2D eigenvalue weighted by Crippen LogP contribution is 2.36. The van der Waals surface area contributed by atoms with Crippen molar-refractivity contribution in [1.29, 1.82) is 0 Å². The molecule has 0 aliphatic carbocycles. The molecular formula is C18H20N2O7S2. The third kappa shape index (κ3) is 4.20. The van der Waals surface area contributed by atoms with Crippen LogP contribution < -0.4 is 9.47 Å². The van der Waals surface area contributed by atoms with E-state index in [0.717, 1.165) is 10.9 Å². The molecule has 1 aliphatic rings. The Bertz CT molecular complexity index is 1020. The number of rotatable bonds is 5. The predicted octanol–water partition coefficient (Wildman–Crippen LogP) is 2.68. The minimum Gasteiger partial charge on any atom is -0.493 e. The Morgan fingerprint density at radius 1 is 1.24 bits per heavy atom. The molecule has 156 valence electrons. The van der Waals surface area contributed by atoms with Crippen molar-refractivity contribution in [1.82, 2.24) is 4.90 Å². The molecule has 0 N–H and O–H groups in total. The molecule has 1 saturated heterocycles. The lowest BCUT2D eigenvalue weighted by Crippen LogP contribution is -2.34. The van der Waals surface area contributed by atoms with Gasteiger partial charge in [-0.3, -0.25) is 14.9 Å². The van der Waals surface area contributed by atoms with Gasteiger partial charge in [0.1, 0.15) is 5.56 Å². The molecule has 1 atom stereocenters. The quantitative estimate of drug-likeness (QED) is 0.518. The number of amides is 1. The summed E-state index contributed by atoms with van der Waals surface area (Å²) in [4.78, 5) is 26.0. The molecule has 2 aromatic rings. The standard InChI is InChI=1S/C18H20N2O7S2/c1-26-14-10-12(13(20(22)23)11-15(14)27-2)18(21)19-6-5-17(16-4-3-8-28-16)29(24,25)9-7-19/h3-4,8,10-11,17H,5-7,9H2,1-2H3. The van der Waals surface area contributed by atoms with E-state index >= 15 is 0 Å². The molecule has 1 amide bonds. The van der Waals surface area contributed by atoms with Crippen molar-refractivity contribution >= 4 is 32.8 Å². The second-order valence-electron chi connectivity index (χ2n) is 6.43. The summed E-state index contributed by atoms with van der Waals surface area (Å²) >= 11 is 1.36. The number of hydrogen-bond acceptors (Lipinski definition) is 8. The van der Waals surface area contributed by atoms with E-state index in [1.54, 1.807) is 12.1 Å². The highest BCUT2D eigenvalue weighted by Gasteiger charge is 2.35. The van der Waals surface area contributed by atoms with Crippen LogP contribution in [0.2, 0.25) is 0 Å². The van der Waals surface area contributed by atoms with Crippen LogP contribution in [0.15, 0.2) is 29.6 Å². The summed E-state index contributed by atoms with van der Waals surface area (Å²) in [6.07, 6.45) is 0.232. The van der Waals surface area contributed by atoms with Gasteiger partial charge in [-0.05, 0) is 17.9 Å². The first-order valence-electron chi connectivity index (χ1n) is 8.73. The van der Waals surface area contributed by atoms with Gasteiger partial charge in [-0.1, -0.05) is 6.07 Å². The van der Waals surface area contributed by atoms with E-state index in [1.165, 1.54) is 36.5 Å². The smallest absolute Gasteiger partial charge is 0.286 e. The zero-order valence-electron chi connectivity index (χ0n) is 15.9. The molecule has 0 bridgehead atoms. The van der Waals surface area contributed by atoms with E-state index in [4.69, 9.17) is 9.47 Å². The van der Waals surface area contributed by atoms with Crippen molar-refractivity contribution in [3.05, 3.63) is 50.2 Å². The fourth-order valence-electron chi connectivity index (χ4n) is 3.30. The number of methoxy groups -OCH3 is 2. The average molecular weight is 440 g/mol. The lowest BCUT2D eigenvalue weighted by atomic mass is 10.1. The van der Waals surface area contributed by atoms with Crippen LogP contribution in [0.3, 0.4) is 0 Å². The molecule has 0 radical (unpaired) electrons. The number of nitro benzene ring substituents is 1. The number of nitro groups is 1. The number of benzene rings is 1. The number of carbonyl (C=O) groups excluding carboxylic acids is 1. The second kappa shape index (κ2) is 8.37. The lowest BCUT2D eigenvalue weighted by Gasteiger charge is -2.20. The molecule has 0 saturated carbocycles. The van der Waals surface area contributed by atoms with Crippen LogP contribution in [0.25, 0.3) is 0 Å². The first-order valence-corrected chi connectivity index (χ1v) is 11.3. The minimum absolute atomic E-state index is 0.0332. The Morgan fingerprint density at radius 2 is 1.93 bits per heavy atom. The number of ether oxygens (including phenoxy) is 2. The average Bonchev–Trinajstić information content (AvgIpc) is 3.17. The van der Waals surface area contributed by atoms with E-state index in [9.17, 15) is 23.3 Å².